The van der Waals surface area contributed by atoms with E-state index in [-0.39, 0.29) is 0 Å². The number of imidazole rings is 1. The molecule has 3 rings (SSSR count). The van der Waals surface area contributed by atoms with Crippen molar-refractivity contribution in [1.29, 1.82) is 0 Å². The van der Waals surface area contributed by atoms with Crippen molar-refractivity contribution in [2.45, 2.75) is 24.1 Å². The predicted molar refractivity (Wildman–Crippen MR) is 91.4 cm³/mol. The van der Waals surface area contributed by atoms with E-state index in [1.165, 1.54) is 4.90 Å². The Bertz CT molecular complexity index is 766. The second kappa shape index (κ2) is 6.30. The van der Waals surface area contributed by atoms with Crippen LogP contribution in [-0.2, 0) is 12.3 Å². The highest BCUT2D eigenvalue weighted by Gasteiger charge is 2.10. The number of nitrogens with zero attached hydrogens (tertiary/aromatic N) is 2. The van der Waals surface area contributed by atoms with Crippen molar-refractivity contribution in [1.82, 2.24) is 9.55 Å². The maximum absolute atomic E-state index is 6.04. The van der Waals surface area contributed by atoms with Gasteiger partial charge in [-0.15, -0.1) is 11.8 Å². The number of aromatic nitrogens is 2. The van der Waals surface area contributed by atoms with E-state index in [1.807, 2.05) is 42.5 Å². The van der Waals surface area contributed by atoms with Gasteiger partial charge < -0.3 is 4.57 Å². The molecule has 0 atom stereocenters. The summed E-state index contributed by atoms with van der Waals surface area (Å²) in [6, 6.07) is 13.7. The molecular formula is C16H14Cl2N2S. The molecule has 0 aliphatic heterocycles. The van der Waals surface area contributed by atoms with Crippen LogP contribution in [-0.4, -0.2) is 9.55 Å². The lowest BCUT2D eigenvalue weighted by Gasteiger charge is -2.06. The van der Waals surface area contributed by atoms with E-state index in [4.69, 9.17) is 28.2 Å². The van der Waals surface area contributed by atoms with Crippen LogP contribution in [0, 0.1) is 0 Å². The van der Waals surface area contributed by atoms with Crippen LogP contribution in [0.4, 0.5) is 0 Å². The maximum Gasteiger partial charge on any atom is 0.120 e. The average molecular weight is 337 g/mol. The molecule has 3 aromatic rings. The van der Waals surface area contributed by atoms with Crippen molar-refractivity contribution in [2.24, 2.45) is 0 Å². The number of halogens is 2. The van der Waals surface area contributed by atoms with E-state index >= 15 is 0 Å². The molecule has 0 aliphatic carbocycles. The van der Waals surface area contributed by atoms with Gasteiger partial charge in [0.1, 0.15) is 5.82 Å². The van der Waals surface area contributed by atoms with Gasteiger partial charge in [0.15, 0.2) is 0 Å². The molecule has 1 heterocycles. The monoisotopic (exact) mass is 336 g/mol. The van der Waals surface area contributed by atoms with Crippen molar-refractivity contribution < 1.29 is 0 Å². The zero-order valence-electron chi connectivity index (χ0n) is 11.5. The molecular weight excluding hydrogens is 323 g/mol. The largest absolute Gasteiger partial charge is 0.328 e. The van der Waals surface area contributed by atoms with Crippen molar-refractivity contribution >= 4 is 46.0 Å². The SMILES string of the molecule is CCn1c(CSc2ccc(Cl)cc2)nc2cc(Cl)ccc21. The smallest absolute Gasteiger partial charge is 0.120 e. The fraction of sp³-hybridized carbons (Fsp3) is 0.188. The highest BCUT2D eigenvalue weighted by molar-refractivity contribution is 7.98. The summed E-state index contributed by atoms with van der Waals surface area (Å²) in [5, 5.41) is 1.48. The Balaban J connectivity index is 1.87. The third kappa shape index (κ3) is 3.20. The molecule has 0 amide bonds. The predicted octanol–water partition coefficient (Wildman–Crippen LogP) is 5.66. The summed E-state index contributed by atoms with van der Waals surface area (Å²) in [5.74, 6) is 1.89. The molecule has 1 aromatic heterocycles. The highest BCUT2D eigenvalue weighted by Crippen LogP contribution is 2.27. The summed E-state index contributed by atoms with van der Waals surface area (Å²) in [6.45, 7) is 3.03. The third-order valence-electron chi connectivity index (χ3n) is 3.29. The van der Waals surface area contributed by atoms with Crippen LogP contribution in [0.3, 0.4) is 0 Å². The number of thioether (sulfide) groups is 1. The van der Waals surface area contributed by atoms with Crippen LogP contribution in [0.2, 0.25) is 10.0 Å². The Morgan fingerprint density at radius 3 is 2.48 bits per heavy atom. The quantitative estimate of drug-likeness (QED) is 0.572. The summed E-state index contributed by atoms with van der Waals surface area (Å²) in [6.07, 6.45) is 0. The van der Waals surface area contributed by atoms with Crippen LogP contribution in [0.5, 0.6) is 0 Å². The molecule has 0 bridgehead atoms. The lowest BCUT2D eigenvalue weighted by Crippen LogP contribution is -2.00. The highest BCUT2D eigenvalue weighted by atomic mass is 35.5. The van der Waals surface area contributed by atoms with Gasteiger partial charge in [-0.2, -0.15) is 0 Å². The lowest BCUT2D eigenvalue weighted by atomic mass is 10.3. The molecule has 0 spiro atoms. The zero-order valence-corrected chi connectivity index (χ0v) is 13.8. The number of benzene rings is 2. The average Bonchev–Trinajstić information content (AvgIpc) is 2.83. The first kappa shape index (κ1) is 14.8. The topological polar surface area (TPSA) is 17.8 Å². The molecule has 0 N–H and O–H groups in total. The minimum atomic E-state index is 0.722. The van der Waals surface area contributed by atoms with E-state index < -0.39 is 0 Å². The first-order chi connectivity index (χ1) is 10.2. The minimum absolute atomic E-state index is 0.722. The van der Waals surface area contributed by atoms with Crippen molar-refractivity contribution in [2.75, 3.05) is 0 Å². The number of hydrogen-bond acceptors (Lipinski definition) is 2. The van der Waals surface area contributed by atoms with Gasteiger partial charge in [0.05, 0.1) is 16.8 Å². The van der Waals surface area contributed by atoms with Gasteiger partial charge in [-0.25, -0.2) is 4.98 Å². The number of rotatable bonds is 4. The molecule has 0 fully saturated rings. The van der Waals surface area contributed by atoms with Crippen LogP contribution in [0.25, 0.3) is 11.0 Å². The van der Waals surface area contributed by atoms with E-state index in [9.17, 15) is 0 Å². The van der Waals surface area contributed by atoms with Gasteiger partial charge in [0.2, 0.25) is 0 Å². The zero-order chi connectivity index (χ0) is 14.8. The van der Waals surface area contributed by atoms with E-state index in [2.05, 4.69) is 11.5 Å². The molecule has 0 radical (unpaired) electrons. The van der Waals surface area contributed by atoms with Gasteiger partial charge >= 0.3 is 0 Å². The van der Waals surface area contributed by atoms with Gasteiger partial charge in [0, 0.05) is 21.5 Å². The van der Waals surface area contributed by atoms with Crippen LogP contribution in [0.1, 0.15) is 12.7 Å². The number of fused-ring (bicyclic) bond motifs is 1. The number of hydrogen-bond donors (Lipinski definition) is 0. The Morgan fingerprint density at radius 2 is 1.76 bits per heavy atom. The fourth-order valence-electron chi connectivity index (χ4n) is 2.29. The Labute approximate surface area is 138 Å². The molecule has 2 aromatic carbocycles. The van der Waals surface area contributed by atoms with Gasteiger partial charge in [0.25, 0.3) is 0 Å². The van der Waals surface area contributed by atoms with Crippen molar-refractivity contribution in [3.8, 4) is 0 Å². The van der Waals surface area contributed by atoms with Crippen LogP contribution >= 0.6 is 35.0 Å². The lowest BCUT2D eigenvalue weighted by molar-refractivity contribution is 0.748. The first-order valence-electron chi connectivity index (χ1n) is 6.70. The van der Waals surface area contributed by atoms with Crippen LogP contribution < -0.4 is 0 Å². The van der Waals surface area contributed by atoms with Crippen molar-refractivity contribution in [3.63, 3.8) is 0 Å². The third-order valence-corrected chi connectivity index (χ3v) is 4.78. The molecule has 0 saturated heterocycles. The Hall–Kier alpha value is -1.16. The summed E-state index contributed by atoms with van der Waals surface area (Å²) in [4.78, 5) is 5.90. The first-order valence-corrected chi connectivity index (χ1v) is 8.44. The summed E-state index contributed by atoms with van der Waals surface area (Å²) in [5.41, 5.74) is 2.09. The van der Waals surface area contributed by atoms with Gasteiger partial charge in [-0.1, -0.05) is 23.2 Å². The van der Waals surface area contributed by atoms with E-state index in [0.717, 1.165) is 39.2 Å². The Kier molecular flexibility index (Phi) is 4.43. The second-order valence-electron chi connectivity index (χ2n) is 4.65. The molecule has 0 saturated carbocycles. The standard InChI is InChI=1S/C16H14Cl2N2S/c1-2-20-15-8-5-12(18)9-14(15)19-16(20)10-21-13-6-3-11(17)4-7-13/h3-9H,2,10H2,1H3. The second-order valence-corrected chi connectivity index (χ2v) is 6.57. The molecule has 108 valence electrons. The number of aryl methyl sites for hydroxylation is 1. The van der Waals surface area contributed by atoms with E-state index in [0.29, 0.717) is 0 Å². The molecule has 21 heavy (non-hydrogen) atoms. The van der Waals surface area contributed by atoms with Gasteiger partial charge in [-0.05, 0) is 49.4 Å². The van der Waals surface area contributed by atoms with Crippen molar-refractivity contribution in [3.05, 3.63) is 58.3 Å². The maximum atomic E-state index is 6.04. The normalized spacial score (nSPS) is 11.2. The van der Waals surface area contributed by atoms with Crippen LogP contribution in [0.15, 0.2) is 47.4 Å². The molecule has 2 nitrogen and oxygen atoms in total. The summed E-state index contributed by atoms with van der Waals surface area (Å²) < 4.78 is 2.23. The molecule has 0 unspecified atom stereocenters. The van der Waals surface area contributed by atoms with E-state index in [1.54, 1.807) is 11.8 Å². The van der Waals surface area contributed by atoms with Gasteiger partial charge in [-0.3, -0.25) is 0 Å². The fourth-order valence-corrected chi connectivity index (χ4v) is 3.43. The summed E-state index contributed by atoms with van der Waals surface area (Å²) >= 11 is 13.7. The molecule has 5 heteroatoms. The summed E-state index contributed by atoms with van der Waals surface area (Å²) in [7, 11) is 0. The molecule has 0 aliphatic rings. The Morgan fingerprint density at radius 1 is 1.05 bits per heavy atom. The minimum Gasteiger partial charge on any atom is -0.328 e.